The molecule has 3 aromatic heterocycles. The Labute approximate surface area is 244 Å². The maximum atomic E-state index is 13.6. The number of fused-ring (bicyclic) bond motifs is 7. The molecule has 0 aliphatic carbocycles. The average Bonchev–Trinajstić information content (AvgIpc) is 3.51. The van der Waals surface area contributed by atoms with Crippen molar-refractivity contribution in [2.24, 2.45) is 13.0 Å². The second-order valence-corrected chi connectivity index (χ2v) is 10.8. The Morgan fingerprint density at radius 1 is 1.24 bits per heavy atom. The molecule has 220 valence electrons. The van der Waals surface area contributed by atoms with E-state index >= 15 is 0 Å². The number of imidazole rings is 1. The highest BCUT2D eigenvalue weighted by Crippen LogP contribution is 2.33. The van der Waals surface area contributed by atoms with Gasteiger partial charge in [0.1, 0.15) is 17.4 Å². The summed E-state index contributed by atoms with van der Waals surface area (Å²) >= 11 is 0. The van der Waals surface area contributed by atoms with Crippen molar-refractivity contribution < 1.29 is 19.1 Å². The van der Waals surface area contributed by atoms with Gasteiger partial charge >= 0.3 is 0 Å². The van der Waals surface area contributed by atoms with E-state index in [0.717, 1.165) is 30.3 Å². The number of aromatic nitrogens is 5. The van der Waals surface area contributed by atoms with Crippen LogP contribution in [0.2, 0.25) is 0 Å². The summed E-state index contributed by atoms with van der Waals surface area (Å²) in [5.41, 5.74) is 4.00. The molecule has 0 saturated heterocycles. The van der Waals surface area contributed by atoms with Gasteiger partial charge < -0.3 is 19.4 Å². The maximum absolute atomic E-state index is 13.6. The zero-order valence-corrected chi connectivity index (χ0v) is 24.5. The number of nitrogens with one attached hydrogen (secondary N) is 2. The van der Waals surface area contributed by atoms with Crippen LogP contribution in [0.3, 0.4) is 0 Å². The minimum Gasteiger partial charge on any atom is -0.486 e. The first-order chi connectivity index (χ1) is 20.2. The number of nitrogens with zero attached hydrogens (tertiary/aromatic N) is 5. The molecule has 1 aliphatic rings. The molecule has 2 amide bonds. The molecule has 42 heavy (non-hydrogen) atoms. The van der Waals surface area contributed by atoms with Crippen LogP contribution < -0.4 is 20.1 Å². The smallest absolute Gasteiger partial charge is 0.258 e. The third-order valence-corrected chi connectivity index (χ3v) is 7.28. The van der Waals surface area contributed by atoms with Crippen LogP contribution in [-0.4, -0.2) is 55.4 Å². The molecule has 1 aromatic carbocycles. The lowest BCUT2D eigenvalue weighted by Gasteiger charge is -2.23. The lowest BCUT2D eigenvalue weighted by molar-refractivity contribution is -0.116. The van der Waals surface area contributed by atoms with Gasteiger partial charge in [0, 0.05) is 24.8 Å². The van der Waals surface area contributed by atoms with Crippen LogP contribution in [0.4, 0.5) is 5.95 Å². The third kappa shape index (κ3) is 6.14. The van der Waals surface area contributed by atoms with Crippen molar-refractivity contribution >= 4 is 28.8 Å². The van der Waals surface area contributed by atoms with Gasteiger partial charge in [0.15, 0.2) is 0 Å². The summed E-state index contributed by atoms with van der Waals surface area (Å²) in [6, 6.07) is 9.19. The highest BCUT2D eigenvalue weighted by molar-refractivity contribution is 6.05. The molecule has 1 unspecified atom stereocenters. The number of para-hydroxylation sites is 1. The second kappa shape index (κ2) is 12.5. The third-order valence-electron chi connectivity index (χ3n) is 7.28. The number of hydrogen-bond donors (Lipinski definition) is 2. The summed E-state index contributed by atoms with van der Waals surface area (Å²) in [5.74, 6) is 1.28. The summed E-state index contributed by atoms with van der Waals surface area (Å²) in [6.07, 6.45) is 5.25. The molecule has 0 saturated carbocycles. The van der Waals surface area contributed by atoms with Gasteiger partial charge in [0.05, 0.1) is 36.1 Å². The number of benzene rings is 1. The van der Waals surface area contributed by atoms with Crippen molar-refractivity contribution in [3.63, 3.8) is 0 Å². The van der Waals surface area contributed by atoms with Gasteiger partial charge in [-0.1, -0.05) is 26.5 Å². The largest absolute Gasteiger partial charge is 0.486 e. The Balaban J connectivity index is 1.53. The zero-order chi connectivity index (χ0) is 29.8. The standard InChI is InChI=1S/C31H37N7O4/c1-6-27(39)32-18-26(19(2)3)42-25-12-10-11-23-28(25)38-13-8-7-9-14-41-30-22(17-33-37(30)5)24-16-21(15-20(4)34-24)29(40)36-31(38)35-23/h6,10-12,15-17,19,26H,1,7-9,13-14,18H2,2-5H3,(H,32,39)(H,35,36,40). The number of carbonyl (C=O) groups excluding carboxylic acids is 2. The monoisotopic (exact) mass is 571 g/mol. The highest BCUT2D eigenvalue weighted by atomic mass is 16.5. The highest BCUT2D eigenvalue weighted by Gasteiger charge is 2.23. The first kappa shape index (κ1) is 28.8. The first-order valence-electron chi connectivity index (χ1n) is 14.3. The molecule has 11 heteroatoms. The number of aryl methyl sites for hydroxylation is 3. The minimum absolute atomic E-state index is 0.124. The van der Waals surface area contributed by atoms with E-state index in [1.807, 2.05) is 50.6 Å². The number of pyridine rings is 1. The van der Waals surface area contributed by atoms with E-state index in [0.29, 0.717) is 59.7 Å². The van der Waals surface area contributed by atoms with E-state index in [1.54, 1.807) is 23.0 Å². The lowest BCUT2D eigenvalue weighted by atomic mass is 10.1. The zero-order valence-electron chi connectivity index (χ0n) is 24.5. The van der Waals surface area contributed by atoms with Crippen LogP contribution in [0, 0.1) is 12.8 Å². The summed E-state index contributed by atoms with van der Waals surface area (Å²) < 4.78 is 16.3. The first-order valence-corrected chi connectivity index (χ1v) is 14.3. The van der Waals surface area contributed by atoms with Crippen molar-refractivity contribution in [3.8, 4) is 22.9 Å². The number of ether oxygens (including phenoxy) is 2. The van der Waals surface area contributed by atoms with Crippen molar-refractivity contribution in [1.29, 1.82) is 0 Å². The molecule has 11 nitrogen and oxygen atoms in total. The van der Waals surface area contributed by atoms with Crippen LogP contribution in [-0.2, 0) is 18.4 Å². The van der Waals surface area contributed by atoms with Gasteiger partial charge in [-0.3, -0.25) is 19.9 Å². The van der Waals surface area contributed by atoms with Crippen molar-refractivity contribution in [2.75, 3.05) is 18.5 Å². The average molecular weight is 572 g/mol. The second-order valence-electron chi connectivity index (χ2n) is 10.8. The topological polar surface area (TPSA) is 125 Å². The molecule has 1 atom stereocenters. The minimum atomic E-state index is -0.297. The number of anilines is 1. The summed E-state index contributed by atoms with van der Waals surface area (Å²) in [7, 11) is 1.83. The van der Waals surface area contributed by atoms with E-state index in [4.69, 9.17) is 14.5 Å². The summed E-state index contributed by atoms with van der Waals surface area (Å²) in [6.45, 7) is 10.9. The van der Waals surface area contributed by atoms with Gasteiger partial charge in [-0.15, -0.1) is 0 Å². The van der Waals surface area contributed by atoms with Crippen molar-refractivity contribution in [2.45, 2.75) is 52.7 Å². The molecular formula is C31H37N7O4. The fraction of sp³-hybridized carbons (Fsp3) is 0.387. The van der Waals surface area contributed by atoms with E-state index in [-0.39, 0.29) is 23.8 Å². The molecule has 0 fully saturated rings. The molecule has 2 N–H and O–H groups in total. The quantitative estimate of drug-likeness (QED) is 0.323. The summed E-state index contributed by atoms with van der Waals surface area (Å²) in [4.78, 5) is 34.9. The Morgan fingerprint density at radius 2 is 2.07 bits per heavy atom. The maximum Gasteiger partial charge on any atom is 0.258 e. The van der Waals surface area contributed by atoms with Gasteiger partial charge in [-0.25, -0.2) is 9.67 Å². The normalized spacial score (nSPS) is 14.5. The van der Waals surface area contributed by atoms with Gasteiger partial charge in [-0.05, 0) is 62.4 Å². The Bertz CT molecular complexity index is 1620. The van der Waals surface area contributed by atoms with Crippen LogP contribution >= 0.6 is 0 Å². The van der Waals surface area contributed by atoms with Crippen LogP contribution in [0.5, 0.6) is 11.6 Å². The molecule has 0 radical (unpaired) electrons. The molecule has 2 bridgehead atoms. The van der Waals surface area contributed by atoms with E-state index < -0.39 is 0 Å². The predicted octanol–water partition coefficient (Wildman–Crippen LogP) is 4.66. The van der Waals surface area contributed by atoms with E-state index in [9.17, 15) is 9.59 Å². The molecule has 0 spiro atoms. The molecule has 4 heterocycles. The number of hydrogen-bond acceptors (Lipinski definition) is 7. The molecule has 1 aliphatic heterocycles. The molecule has 4 aromatic rings. The Hall–Kier alpha value is -4.67. The van der Waals surface area contributed by atoms with Crippen molar-refractivity contribution in [1.82, 2.24) is 29.6 Å². The van der Waals surface area contributed by atoms with E-state index in [2.05, 4.69) is 27.3 Å². The van der Waals surface area contributed by atoms with Crippen LogP contribution in [0.1, 0.15) is 49.2 Å². The Morgan fingerprint density at radius 3 is 2.86 bits per heavy atom. The van der Waals surface area contributed by atoms with Gasteiger partial charge in [0.25, 0.3) is 5.91 Å². The fourth-order valence-electron chi connectivity index (χ4n) is 5.01. The summed E-state index contributed by atoms with van der Waals surface area (Å²) in [5, 5.41) is 10.2. The Kier molecular flexibility index (Phi) is 8.56. The SMILES string of the molecule is C=CC(=O)NCC(Oc1cccc2nc3n(c12)CCCCCOc1c(cnn1C)-c1cc(cc(C)n1)C(=O)N3)C(C)C. The molecule has 5 rings (SSSR count). The fourth-order valence-corrected chi connectivity index (χ4v) is 5.01. The lowest BCUT2D eigenvalue weighted by Crippen LogP contribution is -2.37. The predicted molar refractivity (Wildman–Crippen MR) is 161 cm³/mol. The number of carbonyl (C=O) groups is 2. The van der Waals surface area contributed by atoms with Gasteiger partial charge in [-0.2, -0.15) is 5.10 Å². The van der Waals surface area contributed by atoms with Gasteiger partial charge in [0.2, 0.25) is 17.7 Å². The number of rotatable bonds is 6. The van der Waals surface area contributed by atoms with Crippen LogP contribution in [0.15, 0.2) is 49.2 Å². The van der Waals surface area contributed by atoms with Crippen LogP contribution in [0.25, 0.3) is 22.3 Å². The van der Waals surface area contributed by atoms with E-state index in [1.165, 1.54) is 6.08 Å². The van der Waals surface area contributed by atoms with Crippen molar-refractivity contribution in [3.05, 3.63) is 60.4 Å². The molecular weight excluding hydrogens is 534 g/mol. The number of amides is 2.